The van der Waals surface area contributed by atoms with Crippen LogP contribution in [0.1, 0.15) is 44.5 Å². The molecule has 2 spiro atoms. The molecule has 0 atom stereocenters. The fraction of sp³-hybridized carbons (Fsp3) is 0.0270. The molecular formula is C74H47NO2. The van der Waals surface area contributed by atoms with E-state index in [4.69, 9.17) is 9.47 Å². The molecule has 0 unspecified atom stereocenters. The molecule has 3 nitrogen and oxygen atoms in total. The van der Waals surface area contributed by atoms with Crippen molar-refractivity contribution in [3.63, 3.8) is 0 Å². The molecule has 2 heterocycles. The molecule has 360 valence electrons. The summed E-state index contributed by atoms with van der Waals surface area (Å²) < 4.78 is 13.4. The third kappa shape index (κ3) is 6.08. The molecule has 3 heteroatoms. The number of rotatable bonds is 6. The second-order valence-corrected chi connectivity index (χ2v) is 20.6. The Morgan fingerprint density at radius 1 is 0.208 bits per heavy atom. The highest BCUT2D eigenvalue weighted by atomic mass is 16.5. The van der Waals surface area contributed by atoms with Gasteiger partial charge in [0.15, 0.2) is 0 Å². The molecule has 0 saturated heterocycles. The van der Waals surface area contributed by atoms with Crippen molar-refractivity contribution >= 4 is 17.1 Å². The first kappa shape index (κ1) is 43.4. The predicted molar refractivity (Wildman–Crippen MR) is 312 cm³/mol. The molecular weight excluding hydrogens is 935 g/mol. The number of fused-ring (bicyclic) bond motifs is 18. The minimum Gasteiger partial charge on any atom is -0.457 e. The summed E-state index contributed by atoms with van der Waals surface area (Å²) in [6.07, 6.45) is 0. The van der Waals surface area contributed by atoms with Gasteiger partial charge in [-0.25, -0.2) is 0 Å². The number of benzene rings is 12. The Hall–Kier alpha value is -9.96. The number of ether oxygens (including phenoxy) is 2. The van der Waals surface area contributed by atoms with Gasteiger partial charge in [0.05, 0.1) is 27.9 Å². The maximum absolute atomic E-state index is 6.68. The molecule has 2 aliphatic heterocycles. The van der Waals surface area contributed by atoms with Crippen LogP contribution in [0.2, 0.25) is 0 Å². The minimum atomic E-state index is -0.553. The van der Waals surface area contributed by atoms with Crippen LogP contribution in [0, 0.1) is 0 Å². The lowest BCUT2D eigenvalue weighted by Crippen LogP contribution is -2.32. The van der Waals surface area contributed by atoms with Crippen molar-refractivity contribution in [2.45, 2.75) is 10.8 Å². The van der Waals surface area contributed by atoms with Crippen molar-refractivity contribution in [1.82, 2.24) is 0 Å². The molecule has 16 rings (SSSR count). The molecule has 0 N–H and O–H groups in total. The number of anilines is 3. The van der Waals surface area contributed by atoms with Crippen LogP contribution in [0.25, 0.3) is 55.6 Å². The predicted octanol–water partition coefficient (Wildman–Crippen LogP) is 19.1. The molecule has 0 bridgehead atoms. The normalized spacial score (nSPS) is 13.9. The molecule has 2 aliphatic carbocycles. The standard InChI is InChI=1S/C74H47NO2/c1-2-22-48(23-3-1)51-24-6-15-35-66(51)75(67-36-16-7-25-52(67)49-42-44-60-56(46-49)54-27-4-9-29-58(54)73(60)62-31-11-18-38-69(62)76-70-39-19-12-32-63(70)73)68-37-17-8-26-53(68)50-43-45-61-57(47-50)55-28-5-10-30-59(55)74(61)64-33-13-20-40-71(64)77-72-41-21-14-34-65(72)74/h1-47H. The van der Waals surface area contributed by atoms with Crippen molar-refractivity contribution < 1.29 is 9.47 Å². The first-order valence-electron chi connectivity index (χ1n) is 26.6. The first-order chi connectivity index (χ1) is 38.2. The number of hydrogen-bond acceptors (Lipinski definition) is 3. The molecule has 12 aromatic rings. The fourth-order valence-electron chi connectivity index (χ4n) is 13.8. The van der Waals surface area contributed by atoms with E-state index in [0.29, 0.717) is 0 Å². The van der Waals surface area contributed by atoms with E-state index >= 15 is 0 Å². The molecule has 77 heavy (non-hydrogen) atoms. The molecule has 0 saturated carbocycles. The Bertz CT molecular complexity index is 4050. The highest BCUT2D eigenvalue weighted by molar-refractivity contribution is 6.00. The lowest BCUT2D eigenvalue weighted by Gasteiger charge is -2.39. The fourth-order valence-corrected chi connectivity index (χ4v) is 13.8. The van der Waals surface area contributed by atoms with Crippen molar-refractivity contribution in [3.05, 3.63) is 330 Å². The summed E-state index contributed by atoms with van der Waals surface area (Å²) in [5.41, 5.74) is 23.5. The molecule has 4 aliphatic rings. The highest BCUT2D eigenvalue weighted by Crippen LogP contribution is 2.64. The van der Waals surface area contributed by atoms with Gasteiger partial charge in [0.2, 0.25) is 0 Å². The summed E-state index contributed by atoms with van der Waals surface area (Å²) in [5, 5.41) is 0. The summed E-state index contributed by atoms with van der Waals surface area (Å²) in [4.78, 5) is 2.51. The van der Waals surface area contributed by atoms with E-state index in [2.05, 4.69) is 290 Å². The van der Waals surface area contributed by atoms with Crippen LogP contribution in [0.3, 0.4) is 0 Å². The third-order valence-electron chi connectivity index (χ3n) is 16.8. The Balaban J connectivity index is 0.911. The Labute approximate surface area is 448 Å². The summed E-state index contributed by atoms with van der Waals surface area (Å²) in [7, 11) is 0. The van der Waals surface area contributed by atoms with Gasteiger partial charge in [0, 0.05) is 38.9 Å². The van der Waals surface area contributed by atoms with Crippen LogP contribution < -0.4 is 14.4 Å². The van der Waals surface area contributed by atoms with Gasteiger partial charge in [-0.3, -0.25) is 0 Å². The number of hydrogen-bond donors (Lipinski definition) is 0. The molecule has 0 fully saturated rings. The summed E-state index contributed by atoms with van der Waals surface area (Å²) in [5.74, 6) is 3.56. The zero-order valence-corrected chi connectivity index (χ0v) is 41.9. The SMILES string of the molecule is c1ccc(-c2ccccc2N(c2ccccc2-c2ccc3c(c2)-c2ccccc2C32c3ccccc3Oc3ccccc32)c2ccccc2-c2ccc3c(c2)-c2ccccc2C32c3ccccc3Oc3ccccc32)cc1. The van der Waals surface area contributed by atoms with Crippen LogP contribution in [0.15, 0.2) is 285 Å². The highest BCUT2D eigenvalue weighted by Gasteiger charge is 2.52. The topological polar surface area (TPSA) is 21.7 Å². The van der Waals surface area contributed by atoms with Crippen LogP contribution in [-0.2, 0) is 10.8 Å². The Morgan fingerprint density at radius 2 is 0.494 bits per heavy atom. The summed E-state index contributed by atoms with van der Waals surface area (Å²) >= 11 is 0. The lowest BCUT2D eigenvalue weighted by atomic mass is 9.66. The van der Waals surface area contributed by atoms with Crippen molar-refractivity contribution in [2.75, 3.05) is 4.90 Å². The first-order valence-corrected chi connectivity index (χ1v) is 26.6. The van der Waals surface area contributed by atoms with E-state index in [1.54, 1.807) is 0 Å². The van der Waals surface area contributed by atoms with E-state index in [1.807, 2.05) is 0 Å². The lowest BCUT2D eigenvalue weighted by molar-refractivity contribution is 0.436. The summed E-state index contributed by atoms with van der Waals surface area (Å²) in [6, 6.07) is 104. The van der Waals surface area contributed by atoms with Gasteiger partial charge < -0.3 is 14.4 Å². The van der Waals surface area contributed by atoms with Gasteiger partial charge in [-0.05, 0) is 116 Å². The van der Waals surface area contributed by atoms with Crippen molar-refractivity contribution in [1.29, 1.82) is 0 Å². The second-order valence-electron chi connectivity index (χ2n) is 20.6. The summed E-state index contributed by atoms with van der Waals surface area (Å²) in [6.45, 7) is 0. The van der Waals surface area contributed by atoms with Gasteiger partial charge in [-0.1, -0.05) is 231 Å². The van der Waals surface area contributed by atoms with E-state index in [1.165, 1.54) is 44.5 Å². The largest absolute Gasteiger partial charge is 0.457 e. The molecule has 0 amide bonds. The molecule has 0 aromatic heterocycles. The maximum atomic E-state index is 6.68. The third-order valence-corrected chi connectivity index (χ3v) is 16.8. The average Bonchev–Trinajstić information content (AvgIpc) is 4.18. The van der Waals surface area contributed by atoms with Gasteiger partial charge in [-0.15, -0.1) is 0 Å². The van der Waals surface area contributed by atoms with E-state index in [-0.39, 0.29) is 0 Å². The van der Waals surface area contributed by atoms with Crippen LogP contribution in [-0.4, -0.2) is 0 Å². The van der Waals surface area contributed by atoms with Gasteiger partial charge in [0.1, 0.15) is 23.0 Å². The van der Waals surface area contributed by atoms with Crippen LogP contribution in [0.4, 0.5) is 17.1 Å². The Morgan fingerprint density at radius 3 is 0.883 bits per heavy atom. The smallest absolute Gasteiger partial charge is 0.132 e. The van der Waals surface area contributed by atoms with Crippen molar-refractivity contribution in [2.24, 2.45) is 0 Å². The zero-order valence-electron chi connectivity index (χ0n) is 41.9. The van der Waals surface area contributed by atoms with Gasteiger partial charge >= 0.3 is 0 Å². The minimum absolute atomic E-state index is 0.553. The van der Waals surface area contributed by atoms with Crippen LogP contribution >= 0.6 is 0 Å². The van der Waals surface area contributed by atoms with Crippen LogP contribution in [0.5, 0.6) is 23.0 Å². The number of para-hydroxylation sites is 7. The quantitative estimate of drug-likeness (QED) is 0.166. The monoisotopic (exact) mass is 981 g/mol. The second kappa shape index (κ2) is 16.8. The van der Waals surface area contributed by atoms with E-state index in [9.17, 15) is 0 Å². The Kier molecular flexibility index (Phi) is 9.47. The average molecular weight is 982 g/mol. The van der Waals surface area contributed by atoms with Crippen molar-refractivity contribution in [3.8, 4) is 78.6 Å². The van der Waals surface area contributed by atoms with Gasteiger partial charge in [-0.2, -0.15) is 0 Å². The zero-order chi connectivity index (χ0) is 50.7. The van der Waals surface area contributed by atoms with Gasteiger partial charge in [0.25, 0.3) is 0 Å². The molecule has 0 radical (unpaired) electrons. The van der Waals surface area contributed by atoms with E-state index in [0.717, 1.165) is 95.7 Å². The molecule has 12 aromatic carbocycles. The van der Waals surface area contributed by atoms with E-state index < -0.39 is 10.8 Å². The number of nitrogens with zero attached hydrogens (tertiary/aromatic N) is 1. The maximum Gasteiger partial charge on any atom is 0.132 e.